The van der Waals surface area contributed by atoms with Gasteiger partial charge in [-0.15, -0.1) is 0 Å². The van der Waals surface area contributed by atoms with Crippen molar-refractivity contribution in [1.29, 1.82) is 0 Å². The summed E-state index contributed by atoms with van der Waals surface area (Å²) in [5, 5.41) is 0. The lowest BCUT2D eigenvalue weighted by molar-refractivity contribution is 0.858. The molecule has 1 aromatic carbocycles. The van der Waals surface area contributed by atoms with Gasteiger partial charge in [0.15, 0.2) is 0 Å². The van der Waals surface area contributed by atoms with Crippen LogP contribution in [0.5, 0.6) is 0 Å². The topological polar surface area (TPSA) is 12.9 Å². The van der Waals surface area contributed by atoms with Crippen molar-refractivity contribution in [2.24, 2.45) is 5.92 Å². The highest BCUT2D eigenvalue weighted by atomic mass is 14.7. The maximum absolute atomic E-state index is 4.47. The van der Waals surface area contributed by atoms with E-state index in [-0.39, 0.29) is 0 Å². The van der Waals surface area contributed by atoms with Crippen LogP contribution in [0, 0.1) is 12.8 Å². The number of aryl methyl sites for hydroxylation is 1. The molecule has 0 radical (unpaired) electrons. The molecule has 0 aliphatic heterocycles. The molecule has 0 saturated heterocycles. The van der Waals surface area contributed by atoms with Gasteiger partial charge in [0.1, 0.15) is 0 Å². The van der Waals surface area contributed by atoms with Gasteiger partial charge in [-0.25, -0.2) is 0 Å². The first-order chi connectivity index (χ1) is 8.61. The molecule has 0 fully saturated rings. The Kier molecular flexibility index (Phi) is 3.61. The van der Waals surface area contributed by atoms with Gasteiger partial charge in [0.25, 0.3) is 0 Å². The van der Waals surface area contributed by atoms with Crippen LogP contribution in [0.15, 0.2) is 49.2 Å². The predicted molar refractivity (Wildman–Crippen MR) is 78.3 cm³/mol. The zero-order valence-electron chi connectivity index (χ0n) is 11.3. The van der Waals surface area contributed by atoms with Crippen molar-refractivity contribution in [2.45, 2.75) is 20.8 Å². The third-order valence-corrected chi connectivity index (χ3v) is 3.24. The van der Waals surface area contributed by atoms with Crippen LogP contribution in [0.1, 0.15) is 25.0 Å². The number of allylic oxidation sites excluding steroid dienone is 1. The van der Waals surface area contributed by atoms with Crippen molar-refractivity contribution in [3.8, 4) is 11.3 Å². The van der Waals surface area contributed by atoms with Crippen molar-refractivity contribution in [3.05, 3.63) is 60.3 Å². The summed E-state index contributed by atoms with van der Waals surface area (Å²) >= 11 is 0. The summed E-state index contributed by atoms with van der Waals surface area (Å²) in [6.07, 6.45) is 1.84. The number of rotatable bonds is 3. The van der Waals surface area contributed by atoms with Gasteiger partial charge in [-0.3, -0.25) is 4.98 Å². The highest BCUT2D eigenvalue weighted by Crippen LogP contribution is 2.32. The van der Waals surface area contributed by atoms with E-state index in [1.165, 1.54) is 22.3 Å². The second-order valence-electron chi connectivity index (χ2n) is 4.89. The van der Waals surface area contributed by atoms with Gasteiger partial charge in [-0.2, -0.15) is 0 Å². The van der Waals surface area contributed by atoms with Gasteiger partial charge in [-0.05, 0) is 41.7 Å². The lowest BCUT2D eigenvalue weighted by Gasteiger charge is -2.16. The second kappa shape index (κ2) is 5.18. The Morgan fingerprint density at radius 1 is 1.11 bits per heavy atom. The highest BCUT2D eigenvalue weighted by molar-refractivity contribution is 5.81. The molecule has 0 unspecified atom stereocenters. The van der Waals surface area contributed by atoms with Crippen molar-refractivity contribution in [2.75, 3.05) is 0 Å². The molecule has 1 aromatic heterocycles. The van der Waals surface area contributed by atoms with E-state index in [2.05, 4.69) is 56.6 Å². The lowest BCUT2D eigenvalue weighted by atomic mass is 9.89. The molecule has 0 atom stereocenters. The number of pyridine rings is 1. The summed E-state index contributed by atoms with van der Waals surface area (Å²) in [7, 11) is 0. The van der Waals surface area contributed by atoms with Gasteiger partial charge < -0.3 is 0 Å². The number of nitrogens with zero attached hydrogens (tertiary/aromatic N) is 1. The van der Waals surface area contributed by atoms with Crippen LogP contribution in [-0.4, -0.2) is 4.98 Å². The van der Waals surface area contributed by atoms with Crippen LogP contribution >= 0.6 is 0 Å². The van der Waals surface area contributed by atoms with Crippen molar-refractivity contribution >= 4 is 5.57 Å². The molecule has 0 saturated carbocycles. The summed E-state index contributed by atoms with van der Waals surface area (Å²) < 4.78 is 0. The average molecular weight is 237 g/mol. The Hall–Kier alpha value is -1.89. The number of hydrogen-bond acceptors (Lipinski definition) is 1. The molecule has 1 heterocycles. The molecule has 0 amide bonds. The van der Waals surface area contributed by atoms with E-state index in [0.717, 1.165) is 5.69 Å². The Balaban J connectivity index is 2.63. The molecule has 1 heteroatoms. The molecule has 0 aliphatic rings. The molecule has 18 heavy (non-hydrogen) atoms. The molecule has 0 N–H and O–H groups in total. The number of benzene rings is 1. The predicted octanol–water partition coefficient (Wildman–Crippen LogP) is 4.73. The fourth-order valence-electron chi connectivity index (χ4n) is 2.10. The Bertz CT molecular complexity index is 553. The van der Waals surface area contributed by atoms with Crippen LogP contribution in [0.3, 0.4) is 0 Å². The standard InChI is InChI=1S/C17H19N/c1-12(2)14(4)15-9-7-8-13(3)17(15)16-10-5-6-11-18-16/h5-12H,4H2,1-3H3. The van der Waals surface area contributed by atoms with E-state index in [4.69, 9.17) is 0 Å². The van der Waals surface area contributed by atoms with E-state index in [1.807, 2.05) is 18.3 Å². The Morgan fingerprint density at radius 3 is 2.50 bits per heavy atom. The van der Waals surface area contributed by atoms with E-state index in [0.29, 0.717) is 5.92 Å². The van der Waals surface area contributed by atoms with Gasteiger partial charge in [0.05, 0.1) is 5.69 Å². The van der Waals surface area contributed by atoms with Crippen LogP contribution in [0.25, 0.3) is 16.8 Å². The summed E-state index contributed by atoms with van der Waals surface area (Å²) in [6, 6.07) is 12.4. The summed E-state index contributed by atoms with van der Waals surface area (Å²) in [5.74, 6) is 0.439. The second-order valence-corrected chi connectivity index (χ2v) is 4.89. The smallest absolute Gasteiger partial charge is 0.0710 e. The Morgan fingerprint density at radius 2 is 1.89 bits per heavy atom. The minimum Gasteiger partial charge on any atom is -0.256 e. The SMILES string of the molecule is C=C(c1cccc(C)c1-c1ccccn1)C(C)C. The Labute approximate surface area is 109 Å². The largest absolute Gasteiger partial charge is 0.256 e. The van der Waals surface area contributed by atoms with E-state index >= 15 is 0 Å². The van der Waals surface area contributed by atoms with Crippen molar-refractivity contribution in [1.82, 2.24) is 4.98 Å². The average Bonchev–Trinajstić information content (AvgIpc) is 2.38. The quantitative estimate of drug-likeness (QED) is 0.752. The maximum Gasteiger partial charge on any atom is 0.0710 e. The number of hydrogen-bond donors (Lipinski definition) is 0. The summed E-state index contributed by atoms with van der Waals surface area (Å²) in [4.78, 5) is 4.47. The van der Waals surface area contributed by atoms with E-state index in [9.17, 15) is 0 Å². The molecule has 2 aromatic rings. The van der Waals surface area contributed by atoms with Gasteiger partial charge in [-0.1, -0.05) is 44.7 Å². The van der Waals surface area contributed by atoms with Crippen LogP contribution in [-0.2, 0) is 0 Å². The summed E-state index contributed by atoms with van der Waals surface area (Å²) in [5.41, 5.74) is 5.85. The fourth-order valence-corrected chi connectivity index (χ4v) is 2.10. The summed E-state index contributed by atoms with van der Waals surface area (Å²) in [6.45, 7) is 10.7. The van der Waals surface area contributed by atoms with Crippen molar-refractivity contribution < 1.29 is 0 Å². The van der Waals surface area contributed by atoms with Crippen molar-refractivity contribution in [3.63, 3.8) is 0 Å². The van der Waals surface area contributed by atoms with E-state index < -0.39 is 0 Å². The first-order valence-electron chi connectivity index (χ1n) is 6.31. The third kappa shape index (κ3) is 2.35. The first-order valence-corrected chi connectivity index (χ1v) is 6.31. The molecular formula is C17H19N. The third-order valence-electron chi connectivity index (χ3n) is 3.24. The molecule has 0 spiro atoms. The highest BCUT2D eigenvalue weighted by Gasteiger charge is 2.13. The normalized spacial score (nSPS) is 10.7. The van der Waals surface area contributed by atoms with Gasteiger partial charge in [0, 0.05) is 11.8 Å². The van der Waals surface area contributed by atoms with Gasteiger partial charge >= 0.3 is 0 Å². The van der Waals surface area contributed by atoms with Gasteiger partial charge in [0.2, 0.25) is 0 Å². The first kappa shape index (κ1) is 12.6. The molecule has 1 nitrogen and oxygen atoms in total. The van der Waals surface area contributed by atoms with Crippen LogP contribution < -0.4 is 0 Å². The zero-order chi connectivity index (χ0) is 13.1. The monoisotopic (exact) mass is 237 g/mol. The molecular weight excluding hydrogens is 218 g/mol. The fraction of sp³-hybridized carbons (Fsp3) is 0.235. The minimum absolute atomic E-state index is 0.439. The molecule has 0 bridgehead atoms. The molecule has 92 valence electrons. The maximum atomic E-state index is 4.47. The minimum atomic E-state index is 0.439. The zero-order valence-corrected chi connectivity index (χ0v) is 11.3. The van der Waals surface area contributed by atoms with Crippen LogP contribution in [0.4, 0.5) is 0 Å². The molecule has 2 rings (SSSR count). The number of aromatic nitrogens is 1. The van der Waals surface area contributed by atoms with Crippen LogP contribution in [0.2, 0.25) is 0 Å². The van der Waals surface area contributed by atoms with E-state index in [1.54, 1.807) is 0 Å². The lowest BCUT2D eigenvalue weighted by Crippen LogP contribution is -1.98. The molecule has 0 aliphatic carbocycles.